The van der Waals surface area contributed by atoms with Gasteiger partial charge in [-0.3, -0.25) is 0 Å². The molecule has 0 unspecified atom stereocenters. The van der Waals surface area contributed by atoms with E-state index in [1.165, 1.54) is 0 Å². The number of hydrogen-bond donors (Lipinski definition) is 1. The molecule has 1 fully saturated rings. The molecule has 6 heteroatoms. The summed E-state index contributed by atoms with van der Waals surface area (Å²) in [5.41, 5.74) is 3.90. The van der Waals surface area contributed by atoms with E-state index in [2.05, 4.69) is 24.1 Å². The van der Waals surface area contributed by atoms with Gasteiger partial charge in [-0.25, -0.2) is 4.99 Å². The molecule has 2 rings (SSSR count). The number of amidine groups is 1. The molecule has 0 amide bonds. The first-order valence-electron chi connectivity index (χ1n) is 8.53. The van der Waals surface area contributed by atoms with Crippen molar-refractivity contribution in [2.45, 2.75) is 58.8 Å². The zero-order valence-corrected chi connectivity index (χ0v) is 14.3. The molecule has 1 heterocycles. The highest BCUT2D eigenvalue weighted by molar-refractivity contribution is 5.98. The molecule has 126 valence electrons. The van der Waals surface area contributed by atoms with Gasteiger partial charge >= 0.3 is 0 Å². The third kappa shape index (κ3) is 2.09. The number of hydrogen-bond acceptors (Lipinski definition) is 6. The van der Waals surface area contributed by atoms with E-state index in [4.69, 9.17) is 15.2 Å². The van der Waals surface area contributed by atoms with E-state index in [9.17, 15) is 10.5 Å². The first-order chi connectivity index (χ1) is 11.1. The molecule has 0 bridgehead atoms. The van der Waals surface area contributed by atoms with Crippen molar-refractivity contribution in [3.8, 4) is 12.1 Å². The van der Waals surface area contributed by atoms with E-state index in [0.717, 1.165) is 32.1 Å². The van der Waals surface area contributed by atoms with Crippen LogP contribution in [0.15, 0.2) is 4.99 Å². The van der Waals surface area contributed by atoms with Crippen LogP contribution < -0.4 is 5.73 Å². The maximum absolute atomic E-state index is 9.95. The summed E-state index contributed by atoms with van der Waals surface area (Å²) in [6.07, 6.45) is 5.11. The first-order valence-corrected chi connectivity index (χ1v) is 8.53. The van der Waals surface area contributed by atoms with Gasteiger partial charge in [0.1, 0.15) is 11.3 Å². The van der Waals surface area contributed by atoms with Crippen LogP contribution in [0, 0.1) is 39.4 Å². The number of aliphatic imine (C=N–C) groups is 1. The molecule has 2 aliphatic rings. The molecule has 0 aromatic heterocycles. The van der Waals surface area contributed by atoms with Crippen molar-refractivity contribution in [1.29, 1.82) is 10.5 Å². The average Bonchev–Trinajstić information content (AvgIpc) is 3.08. The second-order valence-corrected chi connectivity index (χ2v) is 6.19. The van der Waals surface area contributed by atoms with Crippen LogP contribution in [-0.2, 0) is 9.47 Å². The molecular weight excluding hydrogens is 292 g/mol. The molecule has 3 atom stereocenters. The van der Waals surface area contributed by atoms with Gasteiger partial charge in [-0.15, -0.1) is 0 Å². The number of nitriles is 2. The van der Waals surface area contributed by atoms with Crippen molar-refractivity contribution < 1.29 is 9.47 Å². The van der Waals surface area contributed by atoms with E-state index in [1.807, 2.05) is 13.8 Å². The molecule has 1 aliphatic carbocycles. The monoisotopic (exact) mass is 318 g/mol. The highest BCUT2D eigenvalue weighted by Gasteiger charge is 2.92. The fourth-order valence-electron chi connectivity index (χ4n) is 4.13. The number of ether oxygens (including phenoxy) is 2. The maximum Gasteiger partial charge on any atom is 0.293 e. The van der Waals surface area contributed by atoms with Gasteiger partial charge in [0, 0.05) is 19.1 Å². The largest absolute Gasteiger partial charge is 0.386 e. The van der Waals surface area contributed by atoms with Crippen LogP contribution in [0.3, 0.4) is 0 Å². The topological polar surface area (TPSA) is 104 Å². The average molecular weight is 318 g/mol. The van der Waals surface area contributed by atoms with Crippen molar-refractivity contribution in [1.82, 2.24) is 0 Å². The van der Waals surface area contributed by atoms with Crippen molar-refractivity contribution in [2.24, 2.45) is 27.5 Å². The Labute approximate surface area is 138 Å². The van der Waals surface area contributed by atoms with E-state index < -0.39 is 16.7 Å². The maximum atomic E-state index is 9.95. The summed E-state index contributed by atoms with van der Waals surface area (Å²) in [6.45, 7) is 6.47. The Balaban J connectivity index is 2.35. The van der Waals surface area contributed by atoms with Gasteiger partial charge in [-0.05, 0) is 20.3 Å². The highest BCUT2D eigenvalue weighted by atomic mass is 16.7. The summed E-state index contributed by atoms with van der Waals surface area (Å²) < 4.78 is 11.5. The van der Waals surface area contributed by atoms with Crippen LogP contribution in [0.5, 0.6) is 0 Å². The minimum Gasteiger partial charge on any atom is -0.386 e. The molecule has 23 heavy (non-hydrogen) atoms. The Bertz CT molecular complexity index is 556. The van der Waals surface area contributed by atoms with Gasteiger partial charge in [0.25, 0.3) is 5.91 Å². The van der Waals surface area contributed by atoms with Gasteiger partial charge in [0.2, 0.25) is 0 Å². The summed E-state index contributed by atoms with van der Waals surface area (Å²) in [5.74, 6) is -1.44. The van der Waals surface area contributed by atoms with Gasteiger partial charge < -0.3 is 15.2 Å². The molecule has 2 N–H and O–H groups in total. The van der Waals surface area contributed by atoms with Crippen LogP contribution in [0.25, 0.3) is 0 Å². The molecule has 1 saturated carbocycles. The second kappa shape index (κ2) is 6.47. The molecule has 0 aromatic rings. The van der Waals surface area contributed by atoms with Crippen LogP contribution in [0.1, 0.15) is 52.9 Å². The molecular formula is C17H26N4O2. The third-order valence-corrected chi connectivity index (χ3v) is 5.13. The van der Waals surface area contributed by atoms with Crippen LogP contribution >= 0.6 is 0 Å². The summed E-state index contributed by atoms with van der Waals surface area (Å²) >= 11 is 0. The fourth-order valence-corrected chi connectivity index (χ4v) is 4.13. The predicted octanol–water partition coefficient (Wildman–Crippen LogP) is 2.70. The molecule has 1 aliphatic heterocycles. The molecule has 0 radical (unpaired) electrons. The Morgan fingerprint density at radius 2 is 1.74 bits per heavy atom. The van der Waals surface area contributed by atoms with Gasteiger partial charge in [0.15, 0.2) is 5.41 Å². The SMILES string of the molecule is CCCCCC[C@@H]1[C@]2(C#N)C(N)=NC(OCC)(OCC)[C@]12C#N. The van der Waals surface area contributed by atoms with E-state index in [1.54, 1.807) is 0 Å². The molecule has 0 aromatic carbocycles. The smallest absolute Gasteiger partial charge is 0.293 e. The lowest BCUT2D eigenvalue weighted by Crippen LogP contribution is -2.43. The lowest BCUT2D eigenvalue weighted by Gasteiger charge is -2.31. The number of nitrogens with two attached hydrogens (primary N) is 1. The minimum atomic E-state index is -1.44. The Hall–Kier alpha value is -1.63. The van der Waals surface area contributed by atoms with Crippen LogP contribution in [-0.4, -0.2) is 25.0 Å². The molecule has 0 saturated heterocycles. The summed E-state index contributed by atoms with van der Waals surface area (Å²) in [6, 6.07) is 4.60. The number of rotatable bonds is 9. The lowest BCUT2D eigenvalue weighted by atomic mass is 9.93. The summed E-state index contributed by atoms with van der Waals surface area (Å²) in [7, 11) is 0. The van der Waals surface area contributed by atoms with Crippen molar-refractivity contribution in [2.75, 3.05) is 13.2 Å². The third-order valence-electron chi connectivity index (χ3n) is 5.13. The van der Waals surface area contributed by atoms with Gasteiger partial charge in [-0.2, -0.15) is 10.5 Å². The lowest BCUT2D eigenvalue weighted by molar-refractivity contribution is -0.257. The zero-order chi connectivity index (χ0) is 17.1. The number of unbranched alkanes of at least 4 members (excludes halogenated alkanes) is 3. The number of fused-ring (bicyclic) bond motifs is 1. The second-order valence-electron chi connectivity index (χ2n) is 6.19. The predicted molar refractivity (Wildman–Crippen MR) is 85.9 cm³/mol. The highest BCUT2D eigenvalue weighted by Crippen LogP contribution is 2.79. The molecule has 0 spiro atoms. The van der Waals surface area contributed by atoms with E-state index in [0.29, 0.717) is 13.2 Å². The minimum absolute atomic E-state index is 0.183. The van der Waals surface area contributed by atoms with Crippen molar-refractivity contribution >= 4 is 5.84 Å². The van der Waals surface area contributed by atoms with Crippen molar-refractivity contribution in [3.05, 3.63) is 0 Å². The summed E-state index contributed by atoms with van der Waals surface area (Å²) in [4.78, 5) is 4.32. The van der Waals surface area contributed by atoms with E-state index >= 15 is 0 Å². The Morgan fingerprint density at radius 3 is 2.22 bits per heavy atom. The molecule has 6 nitrogen and oxygen atoms in total. The Kier molecular flexibility index (Phi) is 4.98. The van der Waals surface area contributed by atoms with E-state index in [-0.39, 0.29) is 11.8 Å². The van der Waals surface area contributed by atoms with Crippen molar-refractivity contribution in [3.63, 3.8) is 0 Å². The first kappa shape index (κ1) is 17.7. The van der Waals surface area contributed by atoms with Crippen LogP contribution in [0.4, 0.5) is 0 Å². The summed E-state index contributed by atoms with van der Waals surface area (Å²) in [5, 5.41) is 19.8. The standard InChI is InChI=1S/C17H26N4O2/c1-4-7-8-9-10-13-15(11-18)14(20)21-17(22-5-2,23-6-3)16(13,15)12-19/h13H,4-10H2,1-3H3,(H2,20,21)/t13-,15-,16-/m1/s1. The zero-order valence-electron chi connectivity index (χ0n) is 14.3. The normalized spacial score (nSPS) is 33.4. The van der Waals surface area contributed by atoms with Gasteiger partial charge in [-0.1, -0.05) is 32.6 Å². The Morgan fingerprint density at radius 1 is 1.09 bits per heavy atom. The fraction of sp³-hybridized carbons (Fsp3) is 0.824. The quantitative estimate of drug-likeness (QED) is 0.520. The van der Waals surface area contributed by atoms with Gasteiger partial charge in [0.05, 0.1) is 12.1 Å². The number of nitrogens with zero attached hydrogens (tertiary/aromatic N) is 3. The van der Waals surface area contributed by atoms with Crippen LogP contribution in [0.2, 0.25) is 0 Å².